The predicted octanol–water partition coefficient (Wildman–Crippen LogP) is 7.89. The van der Waals surface area contributed by atoms with E-state index >= 15 is 0 Å². The molecule has 0 bridgehead atoms. The highest BCUT2D eigenvalue weighted by Gasteiger charge is 2.50. The largest absolute Gasteiger partial charge is 0.507 e. The zero-order chi connectivity index (χ0) is 32.5. The van der Waals surface area contributed by atoms with Crippen molar-refractivity contribution in [1.29, 1.82) is 0 Å². The highest BCUT2D eigenvalue weighted by atomic mass is 79.9. The van der Waals surface area contributed by atoms with Crippen molar-refractivity contribution in [1.82, 2.24) is 0 Å². The van der Waals surface area contributed by atoms with E-state index in [1.54, 1.807) is 18.2 Å². The van der Waals surface area contributed by atoms with Crippen molar-refractivity contribution in [3.05, 3.63) is 149 Å². The number of rotatable bonds is 13. The van der Waals surface area contributed by atoms with Gasteiger partial charge in [-0.05, 0) is 74.8 Å². The zero-order valence-corrected chi connectivity index (χ0v) is 28.9. The highest BCUT2D eigenvalue weighted by molar-refractivity contribution is 9.10. The van der Waals surface area contributed by atoms with E-state index in [2.05, 4.69) is 91.8 Å². The Morgan fingerprint density at radius 2 is 1.44 bits per heavy atom. The summed E-state index contributed by atoms with van der Waals surface area (Å²) in [6, 6.07) is 36.1. The number of phenolic OH excluding ortho intramolecular Hbond substituents is 1. The van der Waals surface area contributed by atoms with Crippen LogP contribution in [0.3, 0.4) is 0 Å². The maximum atomic E-state index is 11.5. The molecule has 1 unspecified atom stereocenters. The minimum Gasteiger partial charge on any atom is -0.507 e. The molecule has 0 aliphatic rings. The minimum absolute atomic E-state index is 0.182. The van der Waals surface area contributed by atoms with E-state index in [4.69, 9.17) is 4.43 Å². The lowest BCUT2D eigenvalue weighted by Gasteiger charge is -2.43. The number of allylic oxidation sites excluding steroid dienone is 1. The van der Waals surface area contributed by atoms with Crippen LogP contribution in [0.2, 0.25) is 5.04 Å². The van der Waals surface area contributed by atoms with Crippen LogP contribution in [-0.4, -0.2) is 43.0 Å². The number of halogens is 1. The molecule has 0 amide bonds. The molecule has 0 fully saturated rings. The molecule has 0 radical (unpaired) electrons. The average molecular weight is 684 g/mol. The number of aliphatic hydroxyl groups excluding tert-OH is 2. The Kier molecular flexibility index (Phi) is 12.0. The van der Waals surface area contributed by atoms with Gasteiger partial charge in [-0.3, -0.25) is 0 Å². The summed E-state index contributed by atoms with van der Waals surface area (Å²) in [5.41, 5.74) is 3.88. The molecule has 4 aromatic rings. The molecule has 0 aromatic heterocycles. The van der Waals surface area contributed by atoms with Gasteiger partial charge >= 0.3 is 0 Å². The molecule has 1 atom stereocenters. The van der Waals surface area contributed by atoms with Crippen molar-refractivity contribution >= 4 is 46.3 Å². The third kappa shape index (κ3) is 8.40. The summed E-state index contributed by atoms with van der Waals surface area (Å²) in [6.07, 6.45) is 3.63. The van der Waals surface area contributed by atoms with Crippen LogP contribution in [0.4, 0.5) is 0 Å². The van der Waals surface area contributed by atoms with E-state index in [0.29, 0.717) is 29.6 Å². The Hall–Kier alpha value is -3.52. The fourth-order valence-electron chi connectivity index (χ4n) is 5.88. The molecular weight excluding hydrogens is 640 g/mol. The fourth-order valence-corrected chi connectivity index (χ4v) is 10.8. The van der Waals surface area contributed by atoms with Crippen LogP contribution >= 0.6 is 15.9 Å². The number of aromatic hydroxyl groups is 1. The summed E-state index contributed by atoms with van der Waals surface area (Å²) in [5.74, 6) is 0.182. The molecule has 6 heteroatoms. The lowest BCUT2D eigenvalue weighted by Crippen LogP contribution is -2.66. The molecule has 0 heterocycles. The molecule has 45 heavy (non-hydrogen) atoms. The Labute approximate surface area is 277 Å². The van der Waals surface area contributed by atoms with E-state index in [0.717, 1.165) is 26.0 Å². The summed E-state index contributed by atoms with van der Waals surface area (Å²) in [5, 5.41) is 34.1. The third-order valence-corrected chi connectivity index (χ3v) is 13.6. The smallest absolute Gasteiger partial charge is 0.261 e. The summed E-state index contributed by atoms with van der Waals surface area (Å²) in [4.78, 5) is 0. The second kappa shape index (κ2) is 15.7. The molecule has 4 nitrogen and oxygen atoms in total. The summed E-state index contributed by atoms with van der Waals surface area (Å²) < 4.78 is 7.93. The average Bonchev–Trinajstić information content (AvgIpc) is 3.04. The maximum Gasteiger partial charge on any atom is 0.261 e. The topological polar surface area (TPSA) is 69.9 Å². The highest BCUT2D eigenvalue weighted by Crippen LogP contribution is 2.37. The van der Waals surface area contributed by atoms with Gasteiger partial charge in [0.1, 0.15) is 5.75 Å². The Bertz CT molecular complexity index is 1570. The van der Waals surface area contributed by atoms with Crippen molar-refractivity contribution < 1.29 is 19.7 Å². The zero-order valence-electron chi connectivity index (χ0n) is 26.3. The molecule has 0 saturated carbocycles. The van der Waals surface area contributed by atoms with Crippen LogP contribution in [0.1, 0.15) is 44.7 Å². The number of benzene rings is 4. The second-order valence-electron chi connectivity index (χ2n) is 12.2. The lowest BCUT2D eigenvalue weighted by molar-refractivity contribution is 0.199. The van der Waals surface area contributed by atoms with Crippen molar-refractivity contribution in [3.63, 3.8) is 0 Å². The normalized spacial score (nSPS) is 13.5. The van der Waals surface area contributed by atoms with Crippen LogP contribution in [-0.2, 0) is 4.43 Å². The van der Waals surface area contributed by atoms with Gasteiger partial charge < -0.3 is 19.7 Å². The molecule has 0 aliphatic carbocycles. The summed E-state index contributed by atoms with van der Waals surface area (Å²) >= 11 is 3.50. The fraction of sp³-hybridized carbons (Fsp3) is 0.231. The molecule has 234 valence electrons. The van der Waals surface area contributed by atoms with E-state index in [1.807, 2.05) is 54.6 Å². The molecule has 4 rings (SSSR count). The molecule has 0 spiro atoms. The van der Waals surface area contributed by atoms with Gasteiger partial charge in [0, 0.05) is 10.0 Å². The van der Waals surface area contributed by atoms with Gasteiger partial charge in [-0.25, -0.2) is 0 Å². The standard InChI is InChI=1S/C39H43BrO4Si/c1-29(28-44-45(39(2,3)4,34-16-10-6-11-17-34)35-18-12-7-13-19-35)36(24-25-41)38(43)22-20-31(30-14-8-5-9-15-30)26-32-27-33(40)21-23-37(32)42/h5-19,21,23-24,26-27,38,41-43H,1,20,22,25,28H2,2-4H3/b31-26-,36-24-. The van der Waals surface area contributed by atoms with Crippen LogP contribution in [0.15, 0.2) is 137 Å². The van der Waals surface area contributed by atoms with Crippen molar-refractivity contribution in [2.45, 2.75) is 44.8 Å². The van der Waals surface area contributed by atoms with Gasteiger partial charge in [0.15, 0.2) is 0 Å². The van der Waals surface area contributed by atoms with E-state index in [1.165, 1.54) is 0 Å². The molecule has 0 aliphatic heterocycles. The van der Waals surface area contributed by atoms with Crippen molar-refractivity contribution in [2.75, 3.05) is 13.2 Å². The lowest BCUT2D eigenvalue weighted by atomic mass is 9.93. The first-order valence-corrected chi connectivity index (χ1v) is 17.9. The maximum absolute atomic E-state index is 11.5. The van der Waals surface area contributed by atoms with Crippen molar-refractivity contribution in [3.8, 4) is 5.75 Å². The Morgan fingerprint density at radius 3 is 1.98 bits per heavy atom. The molecule has 3 N–H and O–H groups in total. The van der Waals surface area contributed by atoms with Gasteiger partial charge in [0.25, 0.3) is 8.32 Å². The predicted molar refractivity (Wildman–Crippen MR) is 193 cm³/mol. The minimum atomic E-state index is -2.82. The summed E-state index contributed by atoms with van der Waals surface area (Å²) in [7, 11) is -2.82. The molecule has 4 aromatic carbocycles. The SMILES string of the molecule is C=C(CO[Si](c1ccccc1)(c1ccccc1)C(C)(C)C)/C(=C/CO)C(O)CC/C(=C/c1cc(Br)ccc1O)c1ccccc1. The summed E-state index contributed by atoms with van der Waals surface area (Å²) in [6.45, 7) is 11.0. The first-order chi connectivity index (χ1) is 21.6. The van der Waals surface area contributed by atoms with Crippen LogP contribution in [0.25, 0.3) is 11.6 Å². The van der Waals surface area contributed by atoms with Crippen LogP contribution in [0, 0.1) is 0 Å². The Morgan fingerprint density at radius 1 is 0.889 bits per heavy atom. The van der Waals surface area contributed by atoms with Crippen LogP contribution < -0.4 is 10.4 Å². The van der Waals surface area contributed by atoms with E-state index < -0.39 is 14.4 Å². The van der Waals surface area contributed by atoms with Gasteiger partial charge in [0.05, 0.1) is 19.3 Å². The number of hydrogen-bond acceptors (Lipinski definition) is 4. The Balaban J connectivity index is 1.60. The molecular formula is C39H43BrO4Si. The van der Waals surface area contributed by atoms with Gasteiger partial charge in [-0.15, -0.1) is 0 Å². The van der Waals surface area contributed by atoms with Crippen molar-refractivity contribution in [2.24, 2.45) is 0 Å². The quantitative estimate of drug-likeness (QED) is 0.0762. The first kappa shape index (κ1) is 34.4. The monoisotopic (exact) mass is 682 g/mol. The number of hydrogen-bond donors (Lipinski definition) is 3. The second-order valence-corrected chi connectivity index (χ2v) is 17.4. The number of aliphatic hydroxyl groups is 2. The van der Waals surface area contributed by atoms with Gasteiger partial charge in [-0.1, -0.05) is 140 Å². The van der Waals surface area contributed by atoms with Gasteiger partial charge in [-0.2, -0.15) is 0 Å². The third-order valence-electron chi connectivity index (χ3n) is 8.11. The molecule has 0 saturated heterocycles. The van der Waals surface area contributed by atoms with Gasteiger partial charge in [0.2, 0.25) is 0 Å². The van der Waals surface area contributed by atoms with E-state index in [-0.39, 0.29) is 24.0 Å². The van der Waals surface area contributed by atoms with Crippen LogP contribution in [0.5, 0.6) is 5.75 Å². The van der Waals surface area contributed by atoms with E-state index in [9.17, 15) is 15.3 Å². The first-order valence-electron chi connectivity index (χ1n) is 15.2. The number of phenols is 1.